The third-order valence-corrected chi connectivity index (χ3v) is 4.62. The van der Waals surface area contributed by atoms with Crippen LogP contribution in [-0.4, -0.2) is 11.5 Å². The highest BCUT2D eigenvalue weighted by Gasteiger charge is 2.22. The summed E-state index contributed by atoms with van der Waals surface area (Å²) in [5.41, 5.74) is 0.680. The zero-order valence-corrected chi connectivity index (χ0v) is 12.8. The van der Waals surface area contributed by atoms with Crippen molar-refractivity contribution < 1.29 is 4.92 Å². The molecule has 0 saturated heterocycles. The van der Waals surface area contributed by atoms with Gasteiger partial charge in [-0.15, -0.1) is 11.3 Å². The lowest BCUT2D eigenvalue weighted by Gasteiger charge is -2.24. The van der Waals surface area contributed by atoms with Crippen molar-refractivity contribution in [2.45, 2.75) is 19.3 Å². The minimum Gasteiger partial charge on any atom is -0.383 e. The van der Waals surface area contributed by atoms with E-state index < -0.39 is 4.92 Å². The van der Waals surface area contributed by atoms with Crippen molar-refractivity contribution in [3.05, 3.63) is 55.7 Å². The molecule has 0 unspecified atom stereocenters. The largest absolute Gasteiger partial charge is 0.383 e. The molecular weight excluding hydrogens is 296 g/mol. The van der Waals surface area contributed by atoms with E-state index in [0.717, 1.165) is 0 Å². The Morgan fingerprint density at radius 1 is 1.40 bits per heavy atom. The van der Waals surface area contributed by atoms with Crippen LogP contribution >= 0.6 is 22.9 Å². The van der Waals surface area contributed by atoms with Crippen LogP contribution in [-0.2, 0) is 5.41 Å². The summed E-state index contributed by atoms with van der Waals surface area (Å²) >= 11 is 7.78. The van der Waals surface area contributed by atoms with Gasteiger partial charge in [0.1, 0.15) is 0 Å². The molecule has 1 heterocycles. The fraction of sp³-hybridized carbons (Fsp3) is 0.286. The first-order chi connectivity index (χ1) is 9.40. The molecule has 6 heteroatoms. The molecule has 0 fully saturated rings. The topological polar surface area (TPSA) is 55.2 Å². The van der Waals surface area contributed by atoms with Gasteiger partial charge in [0.2, 0.25) is 0 Å². The number of benzene rings is 1. The van der Waals surface area contributed by atoms with E-state index in [0.29, 0.717) is 17.3 Å². The van der Waals surface area contributed by atoms with E-state index >= 15 is 0 Å². The fourth-order valence-electron chi connectivity index (χ4n) is 1.83. The molecule has 1 aromatic carbocycles. The number of halogens is 1. The number of nitro groups is 1. The molecule has 0 spiro atoms. The van der Waals surface area contributed by atoms with E-state index in [1.54, 1.807) is 17.4 Å². The molecule has 0 amide bonds. The zero-order valence-electron chi connectivity index (χ0n) is 11.2. The van der Waals surface area contributed by atoms with Gasteiger partial charge in [-0.25, -0.2) is 0 Å². The molecule has 0 atom stereocenters. The van der Waals surface area contributed by atoms with Crippen LogP contribution in [0.3, 0.4) is 0 Å². The van der Waals surface area contributed by atoms with Crippen molar-refractivity contribution in [3.63, 3.8) is 0 Å². The molecule has 0 aliphatic rings. The maximum atomic E-state index is 10.7. The van der Waals surface area contributed by atoms with E-state index in [2.05, 4.69) is 30.6 Å². The van der Waals surface area contributed by atoms with E-state index in [1.165, 1.54) is 17.0 Å². The summed E-state index contributed by atoms with van der Waals surface area (Å²) in [6, 6.07) is 8.59. The Morgan fingerprint density at radius 2 is 2.15 bits per heavy atom. The van der Waals surface area contributed by atoms with Crippen LogP contribution in [0.25, 0.3) is 0 Å². The third-order valence-electron chi connectivity index (χ3n) is 3.07. The van der Waals surface area contributed by atoms with Crippen molar-refractivity contribution in [2.75, 3.05) is 11.9 Å². The number of rotatable bonds is 5. The number of nitrogens with zero attached hydrogens (tertiary/aromatic N) is 1. The lowest BCUT2D eigenvalue weighted by atomic mass is 9.91. The van der Waals surface area contributed by atoms with Crippen molar-refractivity contribution >= 4 is 34.3 Å². The highest BCUT2D eigenvalue weighted by molar-refractivity contribution is 7.10. The fourth-order valence-corrected chi connectivity index (χ4v) is 2.92. The summed E-state index contributed by atoms with van der Waals surface area (Å²) in [6.45, 7) is 4.99. The lowest BCUT2D eigenvalue weighted by molar-refractivity contribution is -0.384. The van der Waals surface area contributed by atoms with Crippen LogP contribution in [0, 0.1) is 10.1 Å². The summed E-state index contributed by atoms with van der Waals surface area (Å²) in [6.07, 6.45) is 0. The Kier molecular flexibility index (Phi) is 4.30. The van der Waals surface area contributed by atoms with E-state index in [4.69, 9.17) is 11.6 Å². The zero-order chi connectivity index (χ0) is 14.8. The minimum absolute atomic E-state index is 0.00179. The van der Waals surface area contributed by atoms with E-state index in [1.807, 2.05) is 6.07 Å². The molecule has 1 aromatic heterocycles. The van der Waals surface area contributed by atoms with E-state index in [-0.39, 0.29) is 11.1 Å². The number of hydrogen-bond donors (Lipinski definition) is 1. The second-order valence-electron chi connectivity index (χ2n) is 5.14. The first-order valence-corrected chi connectivity index (χ1v) is 7.38. The Balaban J connectivity index is 2.10. The first kappa shape index (κ1) is 14.8. The Morgan fingerprint density at radius 3 is 2.70 bits per heavy atom. The number of nitrogens with one attached hydrogen (secondary N) is 1. The van der Waals surface area contributed by atoms with Gasteiger partial charge < -0.3 is 5.32 Å². The Labute approximate surface area is 126 Å². The molecule has 0 aliphatic heterocycles. The van der Waals surface area contributed by atoms with Crippen LogP contribution < -0.4 is 5.32 Å². The molecular formula is C14H15ClN2O2S. The summed E-state index contributed by atoms with van der Waals surface area (Å²) in [4.78, 5) is 11.5. The van der Waals surface area contributed by atoms with Gasteiger partial charge in [-0.05, 0) is 17.5 Å². The summed E-state index contributed by atoms with van der Waals surface area (Å²) in [5, 5.41) is 16.3. The molecule has 0 bridgehead atoms. The van der Waals surface area contributed by atoms with Crippen LogP contribution in [0.1, 0.15) is 18.7 Å². The highest BCUT2D eigenvalue weighted by atomic mass is 35.5. The summed E-state index contributed by atoms with van der Waals surface area (Å²) < 4.78 is 0. The van der Waals surface area contributed by atoms with Crippen LogP contribution in [0.15, 0.2) is 35.7 Å². The van der Waals surface area contributed by atoms with Crippen molar-refractivity contribution in [3.8, 4) is 0 Å². The number of nitro benzene ring substituents is 1. The molecule has 0 radical (unpaired) electrons. The molecule has 20 heavy (non-hydrogen) atoms. The van der Waals surface area contributed by atoms with Gasteiger partial charge in [-0.3, -0.25) is 10.1 Å². The quantitative estimate of drug-likeness (QED) is 0.643. The predicted octanol–water partition coefficient (Wildman–Crippen LogP) is 4.70. The van der Waals surface area contributed by atoms with Gasteiger partial charge >= 0.3 is 0 Å². The van der Waals surface area contributed by atoms with Gasteiger partial charge in [-0.1, -0.05) is 31.5 Å². The first-order valence-electron chi connectivity index (χ1n) is 6.12. The van der Waals surface area contributed by atoms with Crippen LogP contribution in [0.5, 0.6) is 0 Å². The molecule has 4 nitrogen and oxygen atoms in total. The molecule has 2 rings (SSSR count). The molecule has 106 valence electrons. The third kappa shape index (κ3) is 3.29. The van der Waals surface area contributed by atoms with Crippen molar-refractivity contribution in [2.24, 2.45) is 0 Å². The van der Waals surface area contributed by atoms with Gasteiger partial charge in [-0.2, -0.15) is 0 Å². The normalized spacial score (nSPS) is 11.3. The molecule has 0 aliphatic carbocycles. The van der Waals surface area contributed by atoms with Gasteiger partial charge in [0.25, 0.3) is 5.69 Å². The molecule has 2 aromatic rings. The maximum Gasteiger partial charge on any atom is 0.271 e. The van der Waals surface area contributed by atoms with Gasteiger partial charge in [0.05, 0.1) is 15.6 Å². The molecule has 0 saturated carbocycles. The number of non-ortho nitro benzene ring substituents is 1. The summed E-state index contributed by atoms with van der Waals surface area (Å²) in [5.74, 6) is 0. The average molecular weight is 311 g/mol. The summed E-state index contributed by atoms with van der Waals surface area (Å²) in [7, 11) is 0. The SMILES string of the molecule is CC(C)(CNc1ccc([N+](=O)[O-])cc1Cl)c1cccs1. The van der Waals surface area contributed by atoms with Gasteiger partial charge in [0, 0.05) is 29.0 Å². The number of hydrogen-bond acceptors (Lipinski definition) is 4. The Bertz CT molecular complexity index is 612. The Hall–Kier alpha value is -1.59. The van der Waals surface area contributed by atoms with Crippen molar-refractivity contribution in [1.29, 1.82) is 0 Å². The molecule has 1 N–H and O–H groups in total. The standard InChI is InChI=1S/C14H15ClN2O2S/c1-14(2,13-4-3-7-20-13)9-16-12-6-5-10(17(18)19)8-11(12)15/h3-8,16H,9H2,1-2H3. The van der Waals surface area contributed by atoms with Crippen LogP contribution in [0.4, 0.5) is 11.4 Å². The minimum atomic E-state index is -0.453. The van der Waals surface area contributed by atoms with E-state index in [9.17, 15) is 10.1 Å². The van der Waals surface area contributed by atoms with Gasteiger partial charge in [0.15, 0.2) is 0 Å². The number of thiophene rings is 1. The maximum absolute atomic E-state index is 10.7. The monoisotopic (exact) mass is 310 g/mol. The average Bonchev–Trinajstić information content (AvgIpc) is 2.91. The second-order valence-corrected chi connectivity index (χ2v) is 6.49. The lowest BCUT2D eigenvalue weighted by Crippen LogP contribution is -2.26. The smallest absolute Gasteiger partial charge is 0.271 e. The second kappa shape index (κ2) is 5.81. The van der Waals surface area contributed by atoms with Crippen LogP contribution in [0.2, 0.25) is 5.02 Å². The highest BCUT2D eigenvalue weighted by Crippen LogP contribution is 2.30. The number of anilines is 1. The van der Waals surface area contributed by atoms with Crippen molar-refractivity contribution in [1.82, 2.24) is 0 Å². The predicted molar refractivity (Wildman–Crippen MR) is 83.9 cm³/mol.